The third-order valence-electron chi connectivity index (χ3n) is 5.93. The first-order chi connectivity index (χ1) is 13.7. The van der Waals surface area contributed by atoms with Crippen LogP contribution in [0.25, 0.3) is 10.9 Å². The summed E-state index contributed by atoms with van der Waals surface area (Å²) in [5.74, 6) is -0.0119. The molecule has 0 saturated carbocycles. The second kappa shape index (κ2) is 8.15. The van der Waals surface area contributed by atoms with Gasteiger partial charge in [-0.1, -0.05) is 30.7 Å². The molecule has 4 rings (SSSR count). The molecule has 3 aromatic rings. The van der Waals surface area contributed by atoms with Crippen molar-refractivity contribution >= 4 is 16.8 Å². The van der Waals surface area contributed by atoms with Crippen molar-refractivity contribution in [1.29, 1.82) is 0 Å². The number of carbonyl (C=O) groups is 1. The SMILES string of the molecule is Cc1c(C(=O)NCC(c2cccnc2)N2CCCCC2)n(C)c2ccccc12. The van der Waals surface area contributed by atoms with Gasteiger partial charge >= 0.3 is 0 Å². The van der Waals surface area contributed by atoms with Crippen molar-refractivity contribution in [2.45, 2.75) is 32.2 Å². The van der Waals surface area contributed by atoms with Crippen LogP contribution in [0, 0.1) is 6.92 Å². The molecular formula is C23H28N4O. The number of nitrogens with one attached hydrogen (secondary N) is 1. The fourth-order valence-electron chi connectivity index (χ4n) is 4.44. The molecule has 0 spiro atoms. The number of benzene rings is 1. The molecule has 0 bridgehead atoms. The molecule has 1 fully saturated rings. The average molecular weight is 377 g/mol. The summed E-state index contributed by atoms with van der Waals surface area (Å²) in [4.78, 5) is 19.9. The van der Waals surface area contributed by atoms with E-state index >= 15 is 0 Å². The molecule has 1 aliphatic heterocycles. The Hall–Kier alpha value is -2.66. The van der Waals surface area contributed by atoms with Crippen molar-refractivity contribution in [3.05, 3.63) is 65.6 Å². The van der Waals surface area contributed by atoms with Crippen molar-refractivity contribution in [3.8, 4) is 0 Å². The van der Waals surface area contributed by atoms with Gasteiger partial charge in [0.25, 0.3) is 5.91 Å². The number of fused-ring (bicyclic) bond motifs is 1. The number of aryl methyl sites for hydroxylation is 2. The lowest BCUT2D eigenvalue weighted by molar-refractivity contribution is 0.0916. The highest BCUT2D eigenvalue weighted by molar-refractivity contribution is 6.01. The fraction of sp³-hybridized carbons (Fsp3) is 0.391. The van der Waals surface area contributed by atoms with Gasteiger partial charge in [0.05, 0.1) is 6.04 Å². The highest BCUT2D eigenvalue weighted by Crippen LogP contribution is 2.26. The number of likely N-dealkylation sites (tertiary alicyclic amines) is 1. The van der Waals surface area contributed by atoms with Gasteiger partial charge in [-0.05, 0) is 56.1 Å². The summed E-state index contributed by atoms with van der Waals surface area (Å²) in [5, 5.41) is 4.34. The van der Waals surface area contributed by atoms with E-state index in [0.717, 1.165) is 35.2 Å². The van der Waals surface area contributed by atoms with Crippen LogP contribution in [0.2, 0.25) is 0 Å². The van der Waals surface area contributed by atoms with Crippen LogP contribution in [0.3, 0.4) is 0 Å². The third kappa shape index (κ3) is 3.54. The highest BCUT2D eigenvalue weighted by atomic mass is 16.1. The van der Waals surface area contributed by atoms with Crippen LogP contribution in [0.15, 0.2) is 48.8 Å². The summed E-state index contributed by atoms with van der Waals surface area (Å²) in [7, 11) is 1.97. The van der Waals surface area contributed by atoms with Crippen molar-refractivity contribution in [3.63, 3.8) is 0 Å². The van der Waals surface area contributed by atoms with E-state index in [1.165, 1.54) is 24.8 Å². The average Bonchev–Trinajstić information content (AvgIpc) is 3.00. The number of hydrogen-bond acceptors (Lipinski definition) is 3. The lowest BCUT2D eigenvalue weighted by Crippen LogP contribution is -2.41. The van der Waals surface area contributed by atoms with Crippen molar-refractivity contribution in [2.24, 2.45) is 7.05 Å². The molecule has 1 N–H and O–H groups in total. The maximum atomic E-state index is 13.1. The van der Waals surface area contributed by atoms with Crippen LogP contribution >= 0.6 is 0 Å². The monoisotopic (exact) mass is 376 g/mol. The first kappa shape index (κ1) is 18.7. The second-order valence-electron chi connectivity index (χ2n) is 7.66. The van der Waals surface area contributed by atoms with E-state index in [-0.39, 0.29) is 11.9 Å². The van der Waals surface area contributed by atoms with Crippen molar-refractivity contribution < 1.29 is 4.79 Å². The predicted molar refractivity (Wildman–Crippen MR) is 112 cm³/mol. The summed E-state index contributed by atoms with van der Waals surface area (Å²) in [6.45, 7) is 4.76. The van der Waals surface area contributed by atoms with Crippen LogP contribution in [-0.4, -0.2) is 40.0 Å². The van der Waals surface area contributed by atoms with Crippen LogP contribution in [0.5, 0.6) is 0 Å². The molecule has 0 aliphatic carbocycles. The van der Waals surface area contributed by atoms with Crippen LogP contribution in [0.1, 0.15) is 46.9 Å². The Labute approximate surface area is 166 Å². The zero-order chi connectivity index (χ0) is 19.5. The molecule has 0 radical (unpaired) electrons. The number of rotatable bonds is 5. The van der Waals surface area contributed by atoms with Gasteiger partial charge in [-0.15, -0.1) is 0 Å². The number of carbonyl (C=O) groups excluding carboxylic acids is 1. The summed E-state index contributed by atoms with van der Waals surface area (Å²) >= 11 is 0. The zero-order valence-electron chi connectivity index (χ0n) is 16.7. The molecule has 1 aromatic carbocycles. The molecule has 1 atom stereocenters. The zero-order valence-corrected chi connectivity index (χ0v) is 16.7. The standard InChI is InChI=1S/C23H28N4O/c1-17-19-10-4-5-11-20(19)26(2)22(17)23(28)25-16-21(18-9-8-12-24-15-18)27-13-6-3-7-14-27/h4-5,8-12,15,21H,3,6-7,13-14,16H2,1-2H3,(H,25,28). The summed E-state index contributed by atoms with van der Waals surface area (Å²) in [5.41, 5.74) is 4.03. The number of aromatic nitrogens is 2. The van der Waals surface area contributed by atoms with Gasteiger partial charge in [-0.3, -0.25) is 14.7 Å². The Morgan fingerprint density at radius 1 is 1.14 bits per heavy atom. The van der Waals surface area contributed by atoms with Gasteiger partial charge in [0.15, 0.2) is 0 Å². The molecule has 1 aliphatic rings. The second-order valence-corrected chi connectivity index (χ2v) is 7.66. The van der Waals surface area contributed by atoms with Crippen LogP contribution in [0.4, 0.5) is 0 Å². The molecule has 28 heavy (non-hydrogen) atoms. The number of amides is 1. The van der Waals surface area contributed by atoms with Gasteiger partial charge in [0, 0.05) is 36.9 Å². The minimum Gasteiger partial charge on any atom is -0.349 e. The van der Waals surface area contributed by atoms with E-state index in [0.29, 0.717) is 6.54 Å². The van der Waals surface area contributed by atoms with Gasteiger partial charge in [0.1, 0.15) is 5.69 Å². The van der Waals surface area contributed by atoms with Crippen LogP contribution < -0.4 is 5.32 Å². The van der Waals surface area contributed by atoms with Crippen LogP contribution in [-0.2, 0) is 7.05 Å². The molecule has 1 amide bonds. The minimum absolute atomic E-state index is 0.0119. The highest BCUT2D eigenvalue weighted by Gasteiger charge is 2.24. The molecule has 146 valence electrons. The summed E-state index contributed by atoms with van der Waals surface area (Å²) in [6, 6.07) is 12.4. The smallest absolute Gasteiger partial charge is 0.268 e. The predicted octanol–water partition coefficient (Wildman–Crippen LogP) is 3.84. The third-order valence-corrected chi connectivity index (χ3v) is 5.93. The lowest BCUT2D eigenvalue weighted by Gasteiger charge is -2.34. The van der Waals surface area contributed by atoms with Crippen molar-refractivity contribution in [1.82, 2.24) is 19.8 Å². The molecular weight excluding hydrogens is 348 g/mol. The number of pyridine rings is 1. The maximum absolute atomic E-state index is 13.1. The normalized spacial score (nSPS) is 16.2. The van der Waals surface area contributed by atoms with E-state index in [2.05, 4.69) is 33.4 Å². The van der Waals surface area contributed by atoms with E-state index in [9.17, 15) is 4.79 Å². The Morgan fingerprint density at radius 2 is 1.93 bits per heavy atom. The first-order valence-corrected chi connectivity index (χ1v) is 10.1. The van der Waals surface area contributed by atoms with Gasteiger partial charge in [-0.2, -0.15) is 0 Å². The van der Waals surface area contributed by atoms with Crippen molar-refractivity contribution in [2.75, 3.05) is 19.6 Å². The minimum atomic E-state index is -0.0119. The maximum Gasteiger partial charge on any atom is 0.268 e. The number of nitrogens with zero attached hydrogens (tertiary/aromatic N) is 3. The molecule has 5 nitrogen and oxygen atoms in total. The summed E-state index contributed by atoms with van der Waals surface area (Å²) < 4.78 is 2.00. The number of hydrogen-bond donors (Lipinski definition) is 1. The Bertz CT molecular complexity index is 918. The quantitative estimate of drug-likeness (QED) is 0.736. The Morgan fingerprint density at radius 3 is 2.64 bits per heavy atom. The fourth-order valence-corrected chi connectivity index (χ4v) is 4.44. The first-order valence-electron chi connectivity index (χ1n) is 10.1. The Kier molecular flexibility index (Phi) is 5.44. The molecule has 1 unspecified atom stereocenters. The number of piperidine rings is 1. The van der Waals surface area contributed by atoms with Gasteiger partial charge < -0.3 is 9.88 Å². The van der Waals surface area contributed by atoms with Gasteiger partial charge in [-0.25, -0.2) is 0 Å². The Balaban J connectivity index is 1.56. The van der Waals surface area contributed by atoms with E-state index in [1.54, 1.807) is 6.20 Å². The molecule has 5 heteroatoms. The molecule has 2 aromatic heterocycles. The molecule has 3 heterocycles. The van der Waals surface area contributed by atoms with E-state index < -0.39 is 0 Å². The van der Waals surface area contributed by atoms with E-state index in [4.69, 9.17) is 0 Å². The topological polar surface area (TPSA) is 50.2 Å². The van der Waals surface area contributed by atoms with E-state index in [1.807, 2.05) is 42.9 Å². The lowest BCUT2D eigenvalue weighted by atomic mass is 10.0. The number of para-hydroxylation sites is 1. The molecule has 1 saturated heterocycles. The van der Waals surface area contributed by atoms with Gasteiger partial charge in [0.2, 0.25) is 0 Å². The summed E-state index contributed by atoms with van der Waals surface area (Å²) in [6.07, 6.45) is 7.44. The largest absolute Gasteiger partial charge is 0.349 e.